The molecule has 20 heavy (non-hydrogen) atoms. The lowest BCUT2D eigenvalue weighted by molar-refractivity contribution is 0.293. The zero-order chi connectivity index (χ0) is 14.2. The number of fused-ring (bicyclic) bond motifs is 1. The third-order valence-corrected chi connectivity index (χ3v) is 6.88. The highest BCUT2D eigenvalue weighted by Crippen LogP contribution is 2.28. The fourth-order valence-corrected chi connectivity index (χ4v) is 5.35. The molecule has 1 aromatic heterocycles. The Hall–Kier alpha value is -1.02. The average molecular weight is 311 g/mol. The molecule has 1 saturated heterocycles. The van der Waals surface area contributed by atoms with E-state index in [0.717, 1.165) is 23.1 Å². The van der Waals surface area contributed by atoms with E-state index in [2.05, 4.69) is 10.3 Å². The largest absolute Gasteiger partial charge is 0.316 e. The fraction of sp³-hybridized carbons (Fsp3) is 0.462. The standard InChI is InChI=1S/C13H17N3O2S2/c1-14-10-5-4-8-16(9-10)20(17,18)13-15-11-6-2-3-7-12(11)19-13/h2-3,6-7,10,14H,4-5,8-9H2,1H3/t10-/m0/s1. The first-order chi connectivity index (χ1) is 9.61. The van der Waals surface area contributed by atoms with Crippen molar-refractivity contribution in [1.82, 2.24) is 14.6 Å². The number of thiazole rings is 1. The third kappa shape index (κ3) is 2.46. The molecule has 0 bridgehead atoms. The highest BCUT2D eigenvalue weighted by atomic mass is 32.2. The van der Waals surface area contributed by atoms with Crippen molar-refractivity contribution in [3.63, 3.8) is 0 Å². The molecular weight excluding hydrogens is 294 g/mol. The fourth-order valence-electron chi connectivity index (χ4n) is 2.47. The van der Waals surface area contributed by atoms with Gasteiger partial charge in [-0.05, 0) is 32.0 Å². The van der Waals surface area contributed by atoms with Crippen molar-refractivity contribution in [1.29, 1.82) is 0 Å². The van der Waals surface area contributed by atoms with Crippen LogP contribution in [0.1, 0.15) is 12.8 Å². The van der Waals surface area contributed by atoms with Crippen LogP contribution in [0.2, 0.25) is 0 Å². The summed E-state index contributed by atoms with van der Waals surface area (Å²) in [5, 5.41) is 3.16. The van der Waals surface area contributed by atoms with Gasteiger partial charge in [0.1, 0.15) is 0 Å². The first-order valence-electron chi connectivity index (χ1n) is 6.64. The predicted octanol–water partition coefficient (Wildman–Crippen LogP) is 1.67. The molecule has 1 fully saturated rings. The second kappa shape index (κ2) is 5.40. The monoisotopic (exact) mass is 311 g/mol. The van der Waals surface area contributed by atoms with E-state index >= 15 is 0 Å². The molecule has 7 heteroatoms. The zero-order valence-corrected chi connectivity index (χ0v) is 12.9. The number of benzene rings is 1. The lowest BCUT2D eigenvalue weighted by atomic mass is 10.1. The van der Waals surface area contributed by atoms with Crippen molar-refractivity contribution >= 4 is 31.6 Å². The molecule has 0 amide bonds. The number of likely N-dealkylation sites (N-methyl/N-ethyl adjacent to an activating group) is 1. The van der Waals surface area contributed by atoms with Crippen molar-refractivity contribution in [2.45, 2.75) is 23.2 Å². The number of hydrogen-bond acceptors (Lipinski definition) is 5. The minimum atomic E-state index is -3.47. The van der Waals surface area contributed by atoms with Gasteiger partial charge in [0, 0.05) is 19.1 Å². The normalized spacial score (nSPS) is 21.4. The number of para-hydroxylation sites is 1. The van der Waals surface area contributed by atoms with E-state index in [1.807, 2.05) is 31.3 Å². The van der Waals surface area contributed by atoms with Gasteiger partial charge >= 0.3 is 0 Å². The second-order valence-corrected chi connectivity index (χ2v) is 8.08. The van der Waals surface area contributed by atoms with Gasteiger partial charge in [-0.25, -0.2) is 13.4 Å². The second-order valence-electron chi connectivity index (χ2n) is 4.94. The summed E-state index contributed by atoms with van der Waals surface area (Å²) in [6, 6.07) is 7.74. The number of piperidine rings is 1. The van der Waals surface area contributed by atoms with Crippen LogP contribution in [0.4, 0.5) is 0 Å². The molecule has 0 aliphatic carbocycles. The van der Waals surface area contributed by atoms with E-state index in [9.17, 15) is 8.42 Å². The van der Waals surface area contributed by atoms with E-state index < -0.39 is 10.0 Å². The minimum Gasteiger partial charge on any atom is -0.316 e. The summed E-state index contributed by atoms with van der Waals surface area (Å²) in [6.07, 6.45) is 1.90. The van der Waals surface area contributed by atoms with Crippen LogP contribution in [0.5, 0.6) is 0 Å². The van der Waals surface area contributed by atoms with Gasteiger partial charge in [-0.15, -0.1) is 11.3 Å². The summed E-state index contributed by atoms with van der Waals surface area (Å²) in [4.78, 5) is 4.28. The maximum Gasteiger partial charge on any atom is 0.270 e. The zero-order valence-electron chi connectivity index (χ0n) is 11.2. The molecule has 1 aliphatic rings. The topological polar surface area (TPSA) is 62.3 Å². The van der Waals surface area contributed by atoms with Crippen LogP contribution < -0.4 is 5.32 Å². The van der Waals surface area contributed by atoms with Gasteiger partial charge in [-0.3, -0.25) is 0 Å². The van der Waals surface area contributed by atoms with Crippen molar-refractivity contribution in [2.24, 2.45) is 0 Å². The van der Waals surface area contributed by atoms with Crippen molar-refractivity contribution < 1.29 is 8.42 Å². The van der Waals surface area contributed by atoms with Gasteiger partial charge in [0.15, 0.2) is 0 Å². The Morgan fingerprint density at radius 3 is 2.95 bits per heavy atom. The van der Waals surface area contributed by atoms with Gasteiger partial charge < -0.3 is 5.32 Å². The predicted molar refractivity (Wildman–Crippen MR) is 80.5 cm³/mol. The van der Waals surface area contributed by atoms with Crippen molar-refractivity contribution in [2.75, 3.05) is 20.1 Å². The molecule has 1 aliphatic heterocycles. The van der Waals surface area contributed by atoms with Crippen LogP contribution >= 0.6 is 11.3 Å². The Morgan fingerprint density at radius 1 is 1.40 bits per heavy atom. The van der Waals surface area contributed by atoms with Crippen molar-refractivity contribution in [3.05, 3.63) is 24.3 Å². The van der Waals surface area contributed by atoms with Crippen LogP contribution in [-0.2, 0) is 10.0 Å². The molecule has 108 valence electrons. The van der Waals surface area contributed by atoms with Crippen LogP contribution in [0.3, 0.4) is 0 Å². The maximum atomic E-state index is 12.7. The van der Waals surface area contributed by atoms with Crippen LogP contribution in [0.25, 0.3) is 10.2 Å². The molecule has 2 heterocycles. The van der Waals surface area contributed by atoms with E-state index in [4.69, 9.17) is 0 Å². The third-order valence-electron chi connectivity index (χ3n) is 3.63. The number of rotatable bonds is 3. The van der Waals surface area contributed by atoms with E-state index in [1.54, 1.807) is 4.31 Å². The van der Waals surface area contributed by atoms with Gasteiger partial charge in [-0.2, -0.15) is 4.31 Å². The molecule has 0 spiro atoms. The highest BCUT2D eigenvalue weighted by molar-refractivity contribution is 7.91. The SMILES string of the molecule is CN[C@H]1CCCN(S(=O)(=O)c2nc3ccccc3s2)C1. The van der Waals surface area contributed by atoms with E-state index in [0.29, 0.717) is 13.1 Å². The van der Waals surface area contributed by atoms with E-state index in [1.165, 1.54) is 11.3 Å². The van der Waals surface area contributed by atoms with Gasteiger partial charge in [0.05, 0.1) is 10.2 Å². The average Bonchev–Trinajstić information content (AvgIpc) is 2.92. The number of sulfonamides is 1. The molecule has 1 atom stereocenters. The molecule has 5 nitrogen and oxygen atoms in total. The molecule has 0 unspecified atom stereocenters. The van der Waals surface area contributed by atoms with Crippen molar-refractivity contribution in [3.8, 4) is 0 Å². The summed E-state index contributed by atoms with van der Waals surface area (Å²) in [6.45, 7) is 1.10. The van der Waals surface area contributed by atoms with Crippen LogP contribution in [0.15, 0.2) is 28.6 Å². The Morgan fingerprint density at radius 2 is 2.20 bits per heavy atom. The minimum absolute atomic E-state index is 0.204. The summed E-state index contributed by atoms with van der Waals surface area (Å²) in [5.41, 5.74) is 0.748. The molecule has 1 N–H and O–H groups in total. The van der Waals surface area contributed by atoms with E-state index in [-0.39, 0.29) is 10.4 Å². The Balaban J connectivity index is 1.94. The number of nitrogens with one attached hydrogen (secondary N) is 1. The summed E-state index contributed by atoms with van der Waals surface area (Å²) in [5.74, 6) is 0. The van der Waals surface area contributed by atoms with Crippen LogP contribution in [-0.4, -0.2) is 43.9 Å². The Labute approximate surface area is 122 Å². The summed E-state index contributed by atoms with van der Waals surface area (Å²) < 4.78 is 28.0. The molecule has 0 radical (unpaired) electrons. The van der Waals surface area contributed by atoms with Crippen LogP contribution in [0, 0.1) is 0 Å². The molecule has 2 aromatic rings. The van der Waals surface area contributed by atoms with Gasteiger partial charge in [0.25, 0.3) is 10.0 Å². The highest BCUT2D eigenvalue weighted by Gasteiger charge is 2.32. The number of aromatic nitrogens is 1. The lowest BCUT2D eigenvalue weighted by Crippen LogP contribution is -2.46. The van der Waals surface area contributed by atoms with Gasteiger partial charge in [0.2, 0.25) is 4.34 Å². The quantitative estimate of drug-likeness (QED) is 0.936. The smallest absolute Gasteiger partial charge is 0.270 e. The molecule has 3 rings (SSSR count). The summed E-state index contributed by atoms with van der Waals surface area (Å²) >= 11 is 1.25. The first kappa shape index (κ1) is 13.9. The Bertz CT molecular complexity index is 678. The molecule has 1 aromatic carbocycles. The number of nitrogens with zero attached hydrogens (tertiary/aromatic N) is 2. The summed E-state index contributed by atoms with van der Waals surface area (Å²) in [7, 11) is -1.59. The lowest BCUT2D eigenvalue weighted by Gasteiger charge is -2.30. The Kier molecular flexibility index (Phi) is 3.76. The maximum absolute atomic E-state index is 12.7. The number of hydrogen-bond donors (Lipinski definition) is 1. The van der Waals surface area contributed by atoms with Gasteiger partial charge in [-0.1, -0.05) is 12.1 Å². The first-order valence-corrected chi connectivity index (χ1v) is 8.90. The molecule has 0 saturated carbocycles. The molecular formula is C13H17N3O2S2.